The van der Waals surface area contributed by atoms with Crippen molar-refractivity contribution in [2.75, 3.05) is 0 Å². The van der Waals surface area contributed by atoms with E-state index >= 15 is 0 Å². The van der Waals surface area contributed by atoms with Gasteiger partial charge in [-0.25, -0.2) is 0 Å². The van der Waals surface area contributed by atoms with Crippen LogP contribution in [-0.4, -0.2) is 33.1 Å². The number of amides is 2. The monoisotopic (exact) mass is 417 g/mol. The number of hydrogen-bond acceptors (Lipinski definition) is 4. The lowest BCUT2D eigenvalue weighted by atomic mass is 9.79. The SMILES string of the molecule is CC(C)(C)c1cc(SC2CC(=O)N(C3CCCCC3)C2=O)cc(C(C)(C)C)c1O. The quantitative estimate of drug-likeness (QED) is 0.656. The number of phenolic OH excluding ortho intramolecular Hbond substituents is 1. The smallest absolute Gasteiger partial charge is 0.243 e. The van der Waals surface area contributed by atoms with Gasteiger partial charge >= 0.3 is 0 Å². The standard InChI is InChI=1S/C24H35NO3S/c1-23(2,3)17-12-16(13-18(21(17)27)24(4,5)6)29-19-14-20(26)25(22(19)28)15-10-8-7-9-11-15/h12-13,15,19,27H,7-11,14H2,1-6H3. The van der Waals surface area contributed by atoms with Crippen molar-refractivity contribution < 1.29 is 14.7 Å². The summed E-state index contributed by atoms with van der Waals surface area (Å²) in [4.78, 5) is 28.2. The molecule has 0 radical (unpaired) electrons. The Morgan fingerprint density at radius 3 is 1.93 bits per heavy atom. The molecule has 3 rings (SSSR count). The van der Waals surface area contributed by atoms with Crippen LogP contribution in [-0.2, 0) is 20.4 Å². The molecule has 2 amide bonds. The van der Waals surface area contributed by atoms with Crippen LogP contribution in [0.1, 0.15) is 91.2 Å². The van der Waals surface area contributed by atoms with E-state index in [9.17, 15) is 14.7 Å². The molecule has 2 aliphatic rings. The minimum absolute atomic E-state index is 0.0229. The van der Waals surface area contributed by atoms with Crippen LogP contribution in [0.25, 0.3) is 0 Å². The number of thioether (sulfide) groups is 1. The lowest BCUT2D eigenvalue weighted by Crippen LogP contribution is -2.41. The summed E-state index contributed by atoms with van der Waals surface area (Å²) in [6, 6.07) is 4.08. The molecule has 4 nitrogen and oxygen atoms in total. The Morgan fingerprint density at radius 2 is 1.45 bits per heavy atom. The Hall–Kier alpha value is -1.49. The van der Waals surface area contributed by atoms with Gasteiger partial charge in [-0.2, -0.15) is 0 Å². The molecule has 1 unspecified atom stereocenters. The van der Waals surface area contributed by atoms with Crippen molar-refractivity contribution in [2.24, 2.45) is 0 Å². The number of rotatable bonds is 3. The lowest BCUT2D eigenvalue weighted by Gasteiger charge is -2.30. The van der Waals surface area contributed by atoms with E-state index in [1.165, 1.54) is 18.2 Å². The van der Waals surface area contributed by atoms with Gasteiger partial charge in [-0.05, 0) is 35.8 Å². The topological polar surface area (TPSA) is 57.6 Å². The zero-order valence-electron chi connectivity index (χ0n) is 18.7. The number of carbonyl (C=O) groups is 2. The van der Waals surface area contributed by atoms with Crippen molar-refractivity contribution >= 4 is 23.6 Å². The third kappa shape index (κ3) is 4.65. The van der Waals surface area contributed by atoms with Crippen LogP contribution in [0.2, 0.25) is 0 Å². The highest BCUT2D eigenvalue weighted by molar-refractivity contribution is 8.00. The molecule has 1 aromatic rings. The van der Waals surface area contributed by atoms with Gasteiger partial charge in [0.05, 0.1) is 5.25 Å². The summed E-state index contributed by atoms with van der Waals surface area (Å²) in [5, 5.41) is 10.5. The van der Waals surface area contributed by atoms with E-state index in [1.54, 1.807) is 4.90 Å². The molecular formula is C24H35NO3S. The van der Waals surface area contributed by atoms with Crippen molar-refractivity contribution in [3.8, 4) is 5.75 Å². The Bertz CT molecular complexity index is 762. The number of nitrogens with zero attached hydrogens (tertiary/aromatic N) is 1. The molecular weight excluding hydrogens is 382 g/mol. The van der Waals surface area contributed by atoms with Crippen molar-refractivity contribution in [2.45, 2.75) is 107 Å². The zero-order chi connectivity index (χ0) is 21.6. The van der Waals surface area contributed by atoms with E-state index in [2.05, 4.69) is 41.5 Å². The predicted molar refractivity (Wildman–Crippen MR) is 118 cm³/mol. The molecule has 1 saturated carbocycles. The third-order valence-electron chi connectivity index (χ3n) is 6.06. The maximum Gasteiger partial charge on any atom is 0.243 e. The van der Waals surface area contributed by atoms with Gasteiger partial charge in [0.2, 0.25) is 11.8 Å². The normalized spacial score (nSPS) is 21.9. The predicted octanol–water partition coefficient (Wildman–Crippen LogP) is 5.54. The Kier molecular flexibility index (Phi) is 6.11. The average Bonchev–Trinajstić information content (AvgIpc) is 2.88. The van der Waals surface area contributed by atoms with E-state index in [4.69, 9.17) is 0 Å². The molecule has 160 valence electrons. The molecule has 1 aromatic carbocycles. The van der Waals surface area contributed by atoms with Crippen LogP contribution in [0.5, 0.6) is 5.75 Å². The zero-order valence-corrected chi connectivity index (χ0v) is 19.5. The first-order valence-corrected chi connectivity index (χ1v) is 11.7. The molecule has 2 fully saturated rings. The van der Waals surface area contributed by atoms with Crippen LogP contribution in [0.3, 0.4) is 0 Å². The number of carbonyl (C=O) groups excluding carboxylic acids is 2. The summed E-state index contributed by atoms with van der Waals surface area (Å²) in [5.74, 6) is 0.284. The van der Waals surface area contributed by atoms with Crippen molar-refractivity contribution in [3.05, 3.63) is 23.3 Å². The number of likely N-dealkylation sites (tertiary alicyclic amines) is 1. The summed E-state index contributed by atoms with van der Waals surface area (Å²) in [7, 11) is 0. The van der Waals surface area contributed by atoms with Crippen LogP contribution in [0.4, 0.5) is 0 Å². The van der Waals surface area contributed by atoms with Gasteiger partial charge in [0.15, 0.2) is 0 Å². The molecule has 1 saturated heterocycles. The Balaban J connectivity index is 1.90. The van der Waals surface area contributed by atoms with Crippen molar-refractivity contribution in [1.82, 2.24) is 4.90 Å². The van der Waals surface area contributed by atoms with Crippen LogP contribution in [0, 0.1) is 0 Å². The van der Waals surface area contributed by atoms with Gasteiger partial charge in [-0.3, -0.25) is 14.5 Å². The van der Waals surface area contributed by atoms with E-state index in [-0.39, 0.29) is 40.4 Å². The molecule has 1 atom stereocenters. The largest absolute Gasteiger partial charge is 0.507 e. The van der Waals surface area contributed by atoms with E-state index in [1.807, 2.05) is 12.1 Å². The minimum atomic E-state index is -0.366. The van der Waals surface area contributed by atoms with Gasteiger partial charge in [0, 0.05) is 28.5 Å². The fourth-order valence-corrected chi connectivity index (χ4v) is 5.56. The Morgan fingerprint density at radius 1 is 0.931 bits per heavy atom. The average molecular weight is 418 g/mol. The third-order valence-corrected chi connectivity index (χ3v) is 7.22. The fourth-order valence-electron chi connectivity index (χ4n) is 4.42. The highest BCUT2D eigenvalue weighted by Crippen LogP contribution is 2.44. The van der Waals surface area contributed by atoms with E-state index in [0.29, 0.717) is 5.75 Å². The Labute approximate surface area is 179 Å². The number of hydrogen-bond donors (Lipinski definition) is 1. The van der Waals surface area contributed by atoms with Crippen molar-refractivity contribution in [1.29, 1.82) is 0 Å². The molecule has 0 spiro atoms. The molecule has 29 heavy (non-hydrogen) atoms. The molecule has 1 aliphatic carbocycles. The highest BCUT2D eigenvalue weighted by atomic mass is 32.2. The summed E-state index contributed by atoms with van der Waals surface area (Å²) < 4.78 is 0. The minimum Gasteiger partial charge on any atom is -0.507 e. The molecule has 1 heterocycles. The van der Waals surface area contributed by atoms with E-state index in [0.717, 1.165) is 41.7 Å². The summed E-state index contributed by atoms with van der Waals surface area (Å²) in [5.41, 5.74) is 1.33. The van der Waals surface area contributed by atoms with Gasteiger partial charge in [0.25, 0.3) is 0 Å². The molecule has 1 N–H and O–H groups in total. The number of benzene rings is 1. The van der Waals surface area contributed by atoms with Gasteiger partial charge in [0.1, 0.15) is 5.75 Å². The van der Waals surface area contributed by atoms with Gasteiger partial charge in [-0.1, -0.05) is 60.8 Å². The van der Waals surface area contributed by atoms with Gasteiger partial charge in [-0.15, -0.1) is 11.8 Å². The van der Waals surface area contributed by atoms with Crippen LogP contribution in [0.15, 0.2) is 17.0 Å². The van der Waals surface area contributed by atoms with Crippen LogP contribution < -0.4 is 0 Å². The second kappa shape index (κ2) is 7.98. The molecule has 5 heteroatoms. The van der Waals surface area contributed by atoms with Gasteiger partial charge < -0.3 is 5.11 Å². The first kappa shape index (κ1) is 22.2. The van der Waals surface area contributed by atoms with Crippen LogP contribution >= 0.6 is 11.8 Å². The second-order valence-electron chi connectivity index (χ2n) is 10.6. The van der Waals surface area contributed by atoms with E-state index < -0.39 is 0 Å². The fraction of sp³-hybridized carbons (Fsp3) is 0.667. The highest BCUT2D eigenvalue weighted by Gasteiger charge is 2.43. The summed E-state index contributed by atoms with van der Waals surface area (Å²) >= 11 is 1.48. The maximum absolute atomic E-state index is 13.1. The summed E-state index contributed by atoms with van der Waals surface area (Å²) in [6.07, 6.45) is 5.55. The maximum atomic E-state index is 13.1. The molecule has 1 aliphatic heterocycles. The summed E-state index contributed by atoms with van der Waals surface area (Å²) in [6.45, 7) is 12.5. The van der Waals surface area contributed by atoms with Crippen molar-refractivity contribution in [3.63, 3.8) is 0 Å². The number of imide groups is 1. The molecule has 0 aromatic heterocycles. The lowest BCUT2D eigenvalue weighted by molar-refractivity contribution is -0.141. The first-order chi connectivity index (χ1) is 13.4. The number of aromatic hydroxyl groups is 1. The number of phenols is 1. The first-order valence-electron chi connectivity index (χ1n) is 10.8. The molecule has 0 bridgehead atoms. The second-order valence-corrected chi connectivity index (χ2v) is 11.8.